The van der Waals surface area contributed by atoms with Crippen molar-refractivity contribution >= 4 is 16.0 Å². The SMILES string of the molecule is O=C(O)COc1cccc2c1CCC[C@H]2NS(=O)(=O)c1cc(C(F)(F)F)cc(C(F)(F)F)c1. The van der Waals surface area contributed by atoms with Gasteiger partial charge in [0.25, 0.3) is 0 Å². The quantitative estimate of drug-likeness (QED) is 0.572. The van der Waals surface area contributed by atoms with Gasteiger partial charge in [-0.25, -0.2) is 17.9 Å². The maximum absolute atomic E-state index is 13.1. The first kappa shape index (κ1) is 24.8. The molecule has 0 aliphatic heterocycles. The number of fused-ring (bicyclic) bond motifs is 1. The molecule has 1 atom stereocenters. The van der Waals surface area contributed by atoms with Crippen molar-refractivity contribution in [3.63, 3.8) is 0 Å². The van der Waals surface area contributed by atoms with Crippen molar-refractivity contribution in [2.24, 2.45) is 0 Å². The van der Waals surface area contributed by atoms with Gasteiger partial charge in [-0.3, -0.25) is 0 Å². The predicted molar refractivity (Wildman–Crippen MR) is 102 cm³/mol. The van der Waals surface area contributed by atoms with E-state index >= 15 is 0 Å². The fourth-order valence-electron chi connectivity index (χ4n) is 3.55. The van der Waals surface area contributed by atoms with Gasteiger partial charge in [0, 0.05) is 6.04 Å². The van der Waals surface area contributed by atoms with E-state index < -0.39 is 57.0 Å². The van der Waals surface area contributed by atoms with Crippen LogP contribution >= 0.6 is 0 Å². The Hall–Kier alpha value is -2.80. The number of nitrogens with one attached hydrogen (secondary N) is 1. The van der Waals surface area contributed by atoms with Crippen molar-refractivity contribution < 1.29 is 49.4 Å². The van der Waals surface area contributed by atoms with Crippen molar-refractivity contribution in [1.29, 1.82) is 0 Å². The van der Waals surface area contributed by atoms with Crippen molar-refractivity contribution in [3.05, 3.63) is 58.7 Å². The molecule has 6 nitrogen and oxygen atoms in total. The highest BCUT2D eigenvalue weighted by molar-refractivity contribution is 7.89. The second-order valence-electron chi connectivity index (χ2n) is 7.31. The Balaban J connectivity index is 1.99. The lowest BCUT2D eigenvalue weighted by atomic mass is 9.87. The second kappa shape index (κ2) is 8.86. The smallest absolute Gasteiger partial charge is 0.416 e. The number of hydrogen-bond donors (Lipinski definition) is 2. The van der Waals surface area contributed by atoms with E-state index in [0.29, 0.717) is 24.0 Å². The maximum Gasteiger partial charge on any atom is 0.416 e. The Morgan fingerprint density at radius 1 is 1.06 bits per heavy atom. The van der Waals surface area contributed by atoms with Crippen molar-refractivity contribution in [2.45, 2.75) is 42.6 Å². The summed E-state index contributed by atoms with van der Waals surface area (Å²) in [6.45, 7) is -0.642. The number of carbonyl (C=O) groups is 1. The molecule has 1 aliphatic carbocycles. The van der Waals surface area contributed by atoms with Crippen LogP contribution in [0.2, 0.25) is 0 Å². The van der Waals surface area contributed by atoms with Crippen LogP contribution in [0.3, 0.4) is 0 Å². The highest BCUT2D eigenvalue weighted by Crippen LogP contribution is 2.39. The standard InChI is InChI=1S/C20H17F6NO5S/c21-19(22,23)11-7-12(20(24,25)26)9-13(8-11)33(30,31)27-16-5-1-4-15-14(16)3-2-6-17(15)32-10-18(28)29/h2-3,6-9,16,27H,1,4-5,10H2,(H,28,29)/t16-/m1/s1. The Bertz CT molecular complexity index is 1130. The Morgan fingerprint density at radius 3 is 2.21 bits per heavy atom. The van der Waals surface area contributed by atoms with Crippen molar-refractivity contribution in [2.75, 3.05) is 6.61 Å². The lowest BCUT2D eigenvalue weighted by Gasteiger charge is -2.28. The molecule has 2 aromatic rings. The molecular weight excluding hydrogens is 480 g/mol. The minimum absolute atomic E-state index is 0.147. The summed E-state index contributed by atoms with van der Waals surface area (Å²) in [6, 6.07) is 3.68. The molecule has 0 bridgehead atoms. The highest BCUT2D eigenvalue weighted by Gasteiger charge is 2.39. The minimum atomic E-state index is -5.20. The van der Waals surface area contributed by atoms with Crippen LogP contribution in [0.4, 0.5) is 26.3 Å². The zero-order valence-corrected chi connectivity index (χ0v) is 17.4. The molecule has 0 aromatic heterocycles. The number of carboxylic acid groups (broad SMARTS) is 1. The van der Waals surface area contributed by atoms with Gasteiger partial charge in [0.05, 0.1) is 16.0 Å². The van der Waals surface area contributed by atoms with Crippen LogP contribution in [0.1, 0.15) is 41.1 Å². The van der Waals surface area contributed by atoms with Crippen LogP contribution in [0.5, 0.6) is 5.75 Å². The molecule has 13 heteroatoms. The zero-order chi connectivity index (χ0) is 24.6. The van der Waals surface area contributed by atoms with Gasteiger partial charge in [0.15, 0.2) is 6.61 Å². The number of ether oxygens (including phenoxy) is 1. The van der Waals surface area contributed by atoms with Gasteiger partial charge in [-0.2, -0.15) is 26.3 Å². The van der Waals surface area contributed by atoms with E-state index in [2.05, 4.69) is 4.72 Å². The van der Waals surface area contributed by atoms with E-state index in [1.807, 2.05) is 0 Å². The first-order valence-electron chi connectivity index (χ1n) is 9.46. The molecule has 0 fully saturated rings. The van der Waals surface area contributed by atoms with Crippen molar-refractivity contribution in [1.82, 2.24) is 4.72 Å². The molecule has 2 aromatic carbocycles. The van der Waals surface area contributed by atoms with Gasteiger partial charge in [-0.15, -0.1) is 0 Å². The fraction of sp³-hybridized carbons (Fsp3) is 0.350. The number of carboxylic acids is 1. The van der Waals surface area contributed by atoms with E-state index in [1.165, 1.54) is 18.2 Å². The first-order valence-corrected chi connectivity index (χ1v) is 10.9. The Kier molecular flexibility index (Phi) is 6.67. The topological polar surface area (TPSA) is 92.7 Å². The molecule has 3 rings (SSSR count). The highest BCUT2D eigenvalue weighted by atomic mass is 32.2. The molecule has 0 unspecified atom stereocenters. The number of hydrogen-bond acceptors (Lipinski definition) is 4. The molecule has 0 saturated carbocycles. The molecule has 180 valence electrons. The monoisotopic (exact) mass is 497 g/mol. The molecule has 0 heterocycles. The van der Waals surface area contributed by atoms with E-state index in [-0.39, 0.29) is 30.4 Å². The second-order valence-corrected chi connectivity index (χ2v) is 9.03. The number of halogens is 6. The van der Waals surface area contributed by atoms with Crippen LogP contribution in [0.15, 0.2) is 41.3 Å². The van der Waals surface area contributed by atoms with Crippen LogP contribution in [-0.2, 0) is 33.6 Å². The van der Waals surface area contributed by atoms with Crippen LogP contribution in [-0.4, -0.2) is 26.1 Å². The van der Waals surface area contributed by atoms with Gasteiger partial charge in [-0.1, -0.05) is 12.1 Å². The minimum Gasteiger partial charge on any atom is -0.482 e. The summed E-state index contributed by atoms with van der Waals surface area (Å²) in [6.07, 6.45) is -9.33. The summed E-state index contributed by atoms with van der Waals surface area (Å²) in [5, 5.41) is 8.79. The number of aliphatic carboxylic acids is 1. The predicted octanol–water partition coefficient (Wildman–Crippen LogP) is 4.54. The summed E-state index contributed by atoms with van der Waals surface area (Å²) < 4.78 is 112. The van der Waals surface area contributed by atoms with Gasteiger partial charge in [0.2, 0.25) is 10.0 Å². The zero-order valence-electron chi connectivity index (χ0n) is 16.6. The number of alkyl halides is 6. The average molecular weight is 497 g/mol. The van der Waals surface area contributed by atoms with Crippen molar-refractivity contribution in [3.8, 4) is 5.75 Å². The van der Waals surface area contributed by atoms with E-state index in [1.54, 1.807) is 0 Å². The van der Waals surface area contributed by atoms with Crippen LogP contribution in [0.25, 0.3) is 0 Å². The number of rotatable bonds is 6. The average Bonchev–Trinajstić information content (AvgIpc) is 2.70. The third-order valence-electron chi connectivity index (χ3n) is 4.98. The summed E-state index contributed by atoms with van der Waals surface area (Å²) in [5.41, 5.74) is -2.58. The Labute approximate surface area is 184 Å². The van der Waals surface area contributed by atoms with E-state index in [9.17, 15) is 39.6 Å². The molecule has 0 saturated heterocycles. The fourth-order valence-corrected chi connectivity index (χ4v) is 4.87. The molecule has 0 spiro atoms. The number of sulfonamides is 1. The third-order valence-corrected chi connectivity index (χ3v) is 6.44. The summed E-state index contributed by atoms with van der Waals surface area (Å²) in [5.74, 6) is -1.03. The van der Waals surface area contributed by atoms with Gasteiger partial charge >= 0.3 is 18.3 Å². The maximum atomic E-state index is 13.1. The lowest BCUT2D eigenvalue weighted by Crippen LogP contribution is -2.31. The summed E-state index contributed by atoms with van der Waals surface area (Å²) in [7, 11) is -4.79. The molecule has 0 radical (unpaired) electrons. The van der Waals surface area contributed by atoms with Crippen LogP contribution < -0.4 is 9.46 Å². The van der Waals surface area contributed by atoms with E-state index in [0.717, 1.165) is 0 Å². The van der Waals surface area contributed by atoms with Gasteiger partial charge in [0.1, 0.15) is 5.75 Å². The molecule has 0 amide bonds. The van der Waals surface area contributed by atoms with Gasteiger partial charge < -0.3 is 9.84 Å². The lowest BCUT2D eigenvalue weighted by molar-refractivity contribution is -0.143. The van der Waals surface area contributed by atoms with Crippen LogP contribution in [0, 0.1) is 0 Å². The molecule has 33 heavy (non-hydrogen) atoms. The first-order chi connectivity index (χ1) is 15.2. The van der Waals surface area contributed by atoms with E-state index in [4.69, 9.17) is 9.84 Å². The molecular formula is C20H17F6NO5S. The number of benzene rings is 2. The molecule has 2 N–H and O–H groups in total. The summed E-state index contributed by atoms with van der Waals surface area (Å²) in [4.78, 5) is 9.60. The normalized spacial score (nSPS) is 16.8. The largest absolute Gasteiger partial charge is 0.482 e. The van der Waals surface area contributed by atoms with Gasteiger partial charge in [-0.05, 0) is 54.7 Å². The summed E-state index contributed by atoms with van der Waals surface area (Å²) >= 11 is 0. The molecule has 1 aliphatic rings. The Morgan fingerprint density at radius 2 is 1.67 bits per heavy atom. The third kappa shape index (κ3) is 5.77.